The molecule has 2 aliphatic rings. The normalized spacial score (nSPS) is 15.7. The first-order valence-corrected chi connectivity index (χ1v) is 14.0. The van der Waals surface area contributed by atoms with Crippen molar-refractivity contribution >= 4 is 23.3 Å². The number of allylic oxidation sites excluding steroid dienone is 4. The Labute approximate surface area is 133 Å². The van der Waals surface area contributed by atoms with Gasteiger partial charge in [-0.3, -0.25) is 0 Å². The van der Waals surface area contributed by atoms with Crippen LogP contribution in [0.5, 0.6) is 0 Å². The fourth-order valence-corrected chi connectivity index (χ4v) is 10.3. The van der Waals surface area contributed by atoms with E-state index in [2.05, 4.69) is 71.7 Å². The van der Waals surface area contributed by atoms with Crippen molar-refractivity contribution in [1.82, 2.24) is 0 Å². The van der Waals surface area contributed by atoms with E-state index in [1.165, 1.54) is 21.1 Å². The van der Waals surface area contributed by atoms with Gasteiger partial charge in [0.2, 0.25) is 0 Å². The molecule has 0 spiro atoms. The number of fused-ring (bicyclic) bond motifs is 3. The van der Waals surface area contributed by atoms with Gasteiger partial charge in [0.15, 0.2) is 0 Å². The second-order valence-electron chi connectivity index (χ2n) is 6.08. The molecule has 0 unspecified atom stereocenters. The van der Waals surface area contributed by atoms with Crippen molar-refractivity contribution in [2.75, 3.05) is 0 Å². The summed E-state index contributed by atoms with van der Waals surface area (Å²) in [6.45, 7) is 0. The van der Waals surface area contributed by atoms with Gasteiger partial charge in [0.25, 0.3) is 0 Å². The van der Waals surface area contributed by atoms with Gasteiger partial charge in [-0.2, -0.15) is 0 Å². The third kappa shape index (κ3) is 2.40. The quantitative estimate of drug-likeness (QED) is 0.596. The van der Waals surface area contributed by atoms with Crippen LogP contribution in [0.1, 0.15) is 11.1 Å². The van der Waals surface area contributed by atoms with Crippen LogP contribution in [-0.2, 0) is 6.42 Å². The van der Waals surface area contributed by atoms with E-state index in [9.17, 15) is 0 Å². The summed E-state index contributed by atoms with van der Waals surface area (Å²) in [5.41, 5.74) is 6.12. The number of hydrogen-bond donors (Lipinski definition) is 0. The van der Waals surface area contributed by atoms with Crippen molar-refractivity contribution in [3.05, 3.63) is 77.9 Å². The molecular weight excluding hydrogens is 359 g/mol. The Bertz CT molecular complexity index is 727. The first-order valence-electron chi connectivity index (χ1n) is 7.71. The Balaban J connectivity index is 1.69. The molecule has 0 aliphatic heterocycles. The Morgan fingerprint density at radius 2 is 1.71 bits per heavy atom. The molecule has 21 heavy (non-hydrogen) atoms. The van der Waals surface area contributed by atoms with Crippen molar-refractivity contribution in [2.24, 2.45) is 5.92 Å². The third-order valence-corrected chi connectivity index (χ3v) is 11.7. The fourth-order valence-electron chi connectivity index (χ4n) is 3.63. The third-order valence-electron chi connectivity index (χ3n) is 4.68. The molecule has 0 bridgehead atoms. The molecule has 0 heterocycles. The maximum absolute atomic E-state index is 2.57. The average molecular weight is 378 g/mol. The van der Waals surface area contributed by atoms with Gasteiger partial charge in [-0.15, -0.1) is 0 Å². The molecule has 1 heteroatoms. The summed E-state index contributed by atoms with van der Waals surface area (Å²) in [7, 11) is 0. The minimum absolute atomic E-state index is 0.698. The summed E-state index contributed by atoms with van der Waals surface area (Å²) in [4.78, 5) is 2.57. The predicted octanol–water partition coefficient (Wildman–Crippen LogP) is 4.33. The molecule has 0 N–H and O–H groups in total. The molecule has 0 amide bonds. The van der Waals surface area contributed by atoms with E-state index in [4.69, 9.17) is 0 Å². The van der Waals surface area contributed by atoms with E-state index in [1.54, 1.807) is 9.14 Å². The molecule has 0 atom stereocenters. The second kappa shape index (κ2) is 5.49. The van der Waals surface area contributed by atoms with Crippen molar-refractivity contribution < 1.29 is 0 Å². The Morgan fingerprint density at radius 1 is 0.952 bits per heavy atom. The van der Waals surface area contributed by atoms with Gasteiger partial charge in [0.05, 0.1) is 0 Å². The van der Waals surface area contributed by atoms with Crippen LogP contribution in [0.3, 0.4) is 0 Å². The van der Waals surface area contributed by atoms with Crippen molar-refractivity contribution in [3.63, 3.8) is 0 Å². The maximum atomic E-state index is 2.57. The van der Waals surface area contributed by atoms with E-state index in [0.717, 1.165) is 6.42 Å². The van der Waals surface area contributed by atoms with Crippen LogP contribution < -0.4 is 3.58 Å². The summed E-state index contributed by atoms with van der Waals surface area (Å²) in [5.74, 6) is 0.698. The van der Waals surface area contributed by atoms with Gasteiger partial charge in [0, 0.05) is 0 Å². The molecule has 2 aromatic carbocycles. The summed E-state index contributed by atoms with van der Waals surface area (Å²) < 4.78 is 3.14. The van der Waals surface area contributed by atoms with Gasteiger partial charge in [-0.25, -0.2) is 0 Å². The zero-order valence-electron chi connectivity index (χ0n) is 12.3. The van der Waals surface area contributed by atoms with Crippen LogP contribution in [0.2, 0.25) is 9.38 Å². The van der Waals surface area contributed by atoms with Crippen molar-refractivity contribution in [3.8, 4) is 11.1 Å². The molecule has 4 rings (SSSR count). The first-order chi connectivity index (χ1) is 10.3. The van der Waals surface area contributed by atoms with Gasteiger partial charge >= 0.3 is 134 Å². The molecule has 2 aromatic rings. The van der Waals surface area contributed by atoms with Crippen molar-refractivity contribution in [1.29, 1.82) is 0 Å². The summed E-state index contributed by atoms with van der Waals surface area (Å²) in [6, 6.07) is 15.9. The number of hydrogen-bond acceptors (Lipinski definition) is 0. The average Bonchev–Trinajstić information content (AvgIpc) is 3.13. The van der Waals surface area contributed by atoms with Crippen LogP contribution in [0.15, 0.2) is 66.8 Å². The molecule has 103 valence electrons. The number of rotatable bonds is 3. The summed E-state index contributed by atoms with van der Waals surface area (Å²) in [5, 5.41) is 0. The zero-order chi connectivity index (χ0) is 14.2. The summed E-state index contributed by atoms with van der Waals surface area (Å²) >= 11 is -1.51. The molecule has 0 nitrogen and oxygen atoms in total. The van der Waals surface area contributed by atoms with Crippen molar-refractivity contribution in [2.45, 2.75) is 15.8 Å². The van der Waals surface area contributed by atoms with Gasteiger partial charge < -0.3 is 0 Å². The van der Waals surface area contributed by atoms with E-state index in [0.29, 0.717) is 5.92 Å². The fraction of sp³-hybridized carbons (Fsp3) is 0.200. The molecule has 0 aromatic heterocycles. The SMILES string of the molecule is [CH3][Sn]([CH2]C1C=CC=C1)[c]1cccc2c1Cc1ccccc1-2. The molecule has 0 saturated heterocycles. The Hall–Kier alpha value is -1.28. The van der Waals surface area contributed by atoms with Crippen LogP contribution in [0.25, 0.3) is 11.1 Å². The van der Waals surface area contributed by atoms with E-state index in [-0.39, 0.29) is 0 Å². The molecule has 0 saturated carbocycles. The van der Waals surface area contributed by atoms with Crippen LogP contribution >= 0.6 is 0 Å². The number of benzene rings is 2. The molecule has 2 aliphatic carbocycles. The van der Waals surface area contributed by atoms with E-state index >= 15 is 0 Å². The topological polar surface area (TPSA) is 0 Å². The standard InChI is InChI=1S/C13H9.C6H7.CH3.Sn/c1-3-7-12-10(5-1)9-11-6-2-4-8-13(11)12;1-6-4-2-3-5-6;;/h1-5,7-8H,9H2;2-6H,1H2;1H3;. The van der Waals surface area contributed by atoms with Crippen LogP contribution in [0.4, 0.5) is 0 Å². The van der Waals surface area contributed by atoms with E-state index < -0.39 is 19.8 Å². The first kappa shape index (κ1) is 13.4. The predicted molar refractivity (Wildman–Crippen MR) is 92.5 cm³/mol. The Kier molecular flexibility index (Phi) is 3.50. The van der Waals surface area contributed by atoms with Crippen LogP contribution in [-0.4, -0.2) is 19.8 Å². The second-order valence-corrected chi connectivity index (χ2v) is 13.2. The monoisotopic (exact) mass is 379 g/mol. The van der Waals surface area contributed by atoms with Gasteiger partial charge in [0.1, 0.15) is 0 Å². The van der Waals surface area contributed by atoms with Crippen LogP contribution in [0, 0.1) is 5.92 Å². The van der Waals surface area contributed by atoms with E-state index in [1.807, 2.05) is 0 Å². The molecule has 1 radical (unpaired) electrons. The molecular formula is C20H19Sn. The molecule has 0 fully saturated rings. The zero-order valence-corrected chi connectivity index (χ0v) is 15.2. The van der Waals surface area contributed by atoms with Gasteiger partial charge in [-0.1, -0.05) is 0 Å². The summed E-state index contributed by atoms with van der Waals surface area (Å²) in [6.07, 6.45) is 10.3. The Morgan fingerprint density at radius 3 is 2.57 bits per heavy atom. The van der Waals surface area contributed by atoms with Gasteiger partial charge in [-0.05, 0) is 0 Å². The minimum atomic E-state index is -1.51.